The number of aryl methyl sites for hydroxylation is 2. The Bertz CT molecular complexity index is 891. The van der Waals surface area contributed by atoms with E-state index in [2.05, 4.69) is 17.4 Å². The Kier molecular flexibility index (Phi) is 5.31. The first-order valence-corrected chi connectivity index (χ1v) is 11.8. The molecule has 0 saturated heterocycles. The molecule has 1 heterocycles. The van der Waals surface area contributed by atoms with Gasteiger partial charge in [0, 0.05) is 6.04 Å². The Morgan fingerprint density at radius 3 is 2.29 bits per heavy atom. The first-order chi connectivity index (χ1) is 14.9. The maximum Gasteiger partial charge on any atom is 0.224 e. The summed E-state index contributed by atoms with van der Waals surface area (Å²) in [6, 6.07) is 8.10. The van der Waals surface area contributed by atoms with Crippen molar-refractivity contribution in [2.24, 2.45) is 23.2 Å². The molecule has 0 unspecified atom stereocenters. The van der Waals surface area contributed by atoms with E-state index in [1.807, 2.05) is 38.1 Å². The summed E-state index contributed by atoms with van der Waals surface area (Å²) in [6.45, 7) is 6.49. The number of carbonyl (C=O) groups excluding carboxylic acids is 1. The number of hydrogen-bond donors (Lipinski definition) is 1. The molecular weight excluding hydrogens is 388 g/mol. The van der Waals surface area contributed by atoms with Crippen LogP contribution in [0.5, 0.6) is 5.75 Å². The number of rotatable bonds is 7. The summed E-state index contributed by atoms with van der Waals surface area (Å²) in [5.74, 6) is 4.42. The number of benzene rings is 1. The highest BCUT2D eigenvalue weighted by molar-refractivity contribution is 5.79. The largest absolute Gasteiger partial charge is 0.489 e. The van der Waals surface area contributed by atoms with Crippen LogP contribution < -0.4 is 10.1 Å². The molecule has 1 aromatic carbocycles. The molecule has 5 heteroatoms. The molecule has 166 valence electrons. The topological polar surface area (TPSA) is 64.4 Å². The molecule has 5 nitrogen and oxygen atoms in total. The number of nitrogens with one attached hydrogen (secondary N) is 1. The molecule has 0 spiro atoms. The van der Waals surface area contributed by atoms with E-state index in [1.165, 1.54) is 38.5 Å². The van der Waals surface area contributed by atoms with Crippen molar-refractivity contribution in [3.8, 4) is 5.75 Å². The van der Waals surface area contributed by atoms with Crippen LogP contribution in [-0.2, 0) is 17.8 Å². The molecule has 4 fully saturated rings. The van der Waals surface area contributed by atoms with Gasteiger partial charge in [0.05, 0.1) is 17.7 Å². The van der Waals surface area contributed by atoms with E-state index in [9.17, 15) is 4.79 Å². The second kappa shape index (κ2) is 7.99. The minimum Gasteiger partial charge on any atom is -0.489 e. The Labute approximate surface area is 184 Å². The van der Waals surface area contributed by atoms with Gasteiger partial charge in [-0.1, -0.05) is 17.3 Å². The summed E-state index contributed by atoms with van der Waals surface area (Å²) < 4.78 is 11.1. The smallest absolute Gasteiger partial charge is 0.224 e. The Balaban J connectivity index is 1.15. The SMILES string of the molecule is Cc1noc(C)c1COc1ccc(CC(=O)N[C@H](C)C23CC4CC(CC(C4)C2)C3)cc1. The van der Waals surface area contributed by atoms with Gasteiger partial charge in [-0.2, -0.15) is 0 Å². The van der Waals surface area contributed by atoms with E-state index >= 15 is 0 Å². The van der Waals surface area contributed by atoms with Crippen LogP contribution in [0.4, 0.5) is 0 Å². The third kappa shape index (κ3) is 4.11. The lowest BCUT2D eigenvalue weighted by atomic mass is 9.48. The zero-order valence-corrected chi connectivity index (χ0v) is 18.9. The molecule has 2 aromatic rings. The van der Waals surface area contributed by atoms with Crippen LogP contribution in [0.25, 0.3) is 0 Å². The fourth-order valence-corrected chi connectivity index (χ4v) is 6.91. The summed E-state index contributed by atoms with van der Waals surface area (Å²) >= 11 is 0. The molecule has 31 heavy (non-hydrogen) atoms. The van der Waals surface area contributed by atoms with Crippen molar-refractivity contribution in [2.75, 3.05) is 0 Å². The van der Waals surface area contributed by atoms with Crippen LogP contribution in [0.1, 0.15) is 68.0 Å². The van der Waals surface area contributed by atoms with Gasteiger partial charge in [-0.15, -0.1) is 0 Å². The lowest BCUT2D eigenvalue weighted by Crippen LogP contribution is -2.56. The summed E-state index contributed by atoms with van der Waals surface area (Å²) in [7, 11) is 0. The van der Waals surface area contributed by atoms with Crippen LogP contribution >= 0.6 is 0 Å². The summed E-state index contributed by atoms with van der Waals surface area (Å²) in [5, 5.41) is 7.33. The van der Waals surface area contributed by atoms with Crippen molar-refractivity contribution < 1.29 is 14.1 Å². The predicted octanol–water partition coefficient (Wildman–Crippen LogP) is 5.13. The molecule has 4 bridgehead atoms. The fraction of sp³-hybridized carbons (Fsp3) is 0.615. The Morgan fingerprint density at radius 1 is 1.13 bits per heavy atom. The molecule has 1 amide bonds. The van der Waals surface area contributed by atoms with Gasteiger partial charge < -0.3 is 14.6 Å². The molecule has 4 aliphatic rings. The van der Waals surface area contributed by atoms with E-state index in [0.717, 1.165) is 46.1 Å². The minimum atomic E-state index is 0.132. The Hall–Kier alpha value is -2.30. The average molecular weight is 423 g/mol. The number of carbonyl (C=O) groups is 1. The third-order valence-electron chi connectivity index (χ3n) is 8.23. The maximum atomic E-state index is 12.8. The number of aromatic nitrogens is 1. The van der Waals surface area contributed by atoms with E-state index in [1.54, 1.807) is 0 Å². The quantitative estimate of drug-likeness (QED) is 0.671. The molecule has 1 aromatic heterocycles. The van der Waals surface area contributed by atoms with Crippen molar-refractivity contribution in [3.63, 3.8) is 0 Å². The van der Waals surface area contributed by atoms with Gasteiger partial charge in [-0.3, -0.25) is 4.79 Å². The number of hydrogen-bond acceptors (Lipinski definition) is 4. The van der Waals surface area contributed by atoms with E-state index in [-0.39, 0.29) is 11.9 Å². The third-order valence-corrected chi connectivity index (χ3v) is 8.23. The standard InChI is InChI=1S/C26H34N2O3/c1-16-24(17(2)31-28-16)15-30-23-6-4-19(5-7-23)11-25(29)27-18(3)26-12-20-8-21(13-26)10-22(9-20)14-26/h4-7,18,20-22H,8-15H2,1-3H3,(H,27,29)/t18-,20?,21?,22?,26?/m1/s1. The molecule has 0 aliphatic heterocycles. The van der Waals surface area contributed by atoms with Gasteiger partial charge in [0.1, 0.15) is 18.1 Å². The average Bonchev–Trinajstić information content (AvgIpc) is 3.04. The molecular formula is C26H34N2O3. The van der Waals surface area contributed by atoms with Gasteiger partial charge in [0.25, 0.3) is 0 Å². The summed E-state index contributed by atoms with van der Waals surface area (Å²) in [4.78, 5) is 12.8. The highest BCUT2D eigenvalue weighted by atomic mass is 16.5. The molecule has 0 radical (unpaired) electrons. The molecule has 1 atom stereocenters. The van der Waals surface area contributed by atoms with Crippen molar-refractivity contribution >= 4 is 5.91 Å². The second-order valence-electron chi connectivity index (χ2n) is 10.5. The fourth-order valence-electron chi connectivity index (χ4n) is 6.91. The van der Waals surface area contributed by atoms with Gasteiger partial charge in [-0.05, 0) is 100 Å². The number of amides is 1. The van der Waals surface area contributed by atoms with Crippen molar-refractivity contribution in [2.45, 2.75) is 78.4 Å². The minimum absolute atomic E-state index is 0.132. The lowest BCUT2D eigenvalue weighted by Gasteiger charge is -2.59. The maximum absolute atomic E-state index is 12.8. The highest BCUT2D eigenvalue weighted by Gasteiger charge is 2.53. The van der Waals surface area contributed by atoms with Crippen LogP contribution in [0.2, 0.25) is 0 Å². The second-order valence-corrected chi connectivity index (χ2v) is 10.5. The van der Waals surface area contributed by atoms with Crippen molar-refractivity contribution in [3.05, 3.63) is 46.8 Å². The molecule has 4 saturated carbocycles. The normalized spacial score (nSPS) is 29.7. The summed E-state index contributed by atoms with van der Waals surface area (Å²) in [6.07, 6.45) is 8.67. The first-order valence-electron chi connectivity index (χ1n) is 11.8. The first kappa shape index (κ1) is 20.6. The van der Waals surface area contributed by atoms with Crippen LogP contribution in [0.3, 0.4) is 0 Å². The zero-order valence-electron chi connectivity index (χ0n) is 18.9. The summed E-state index contributed by atoms with van der Waals surface area (Å²) in [5.41, 5.74) is 3.21. The number of nitrogens with zero attached hydrogens (tertiary/aromatic N) is 1. The van der Waals surface area contributed by atoms with Crippen molar-refractivity contribution in [1.82, 2.24) is 10.5 Å². The van der Waals surface area contributed by atoms with Gasteiger partial charge >= 0.3 is 0 Å². The van der Waals surface area contributed by atoms with Gasteiger partial charge in [0.15, 0.2) is 0 Å². The van der Waals surface area contributed by atoms with Crippen LogP contribution in [0, 0.1) is 37.0 Å². The van der Waals surface area contributed by atoms with E-state index < -0.39 is 0 Å². The van der Waals surface area contributed by atoms with E-state index in [0.29, 0.717) is 18.4 Å². The van der Waals surface area contributed by atoms with Crippen LogP contribution in [-0.4, -0.2) is 17.1 Å². The molecule has 4 aliphatic carbocycles. The number of ether oxygens (including phenoxy) is 1. The Morgan fingerprint density at radius 2 is 1.74 bits per heavy atom. The van der Waals surface area contributed by atoms with Gasteiger partial charge in [0.2, 0.25) is 5.91 Å². The highest BCUT2D eigenvalue weighted by Crippen LogP contribution is 2.61. The lowest BCUT2D eigenvalue weighted by molar-refractivity contribution is -0.125. The van der Waals surface area contributed by atoms with Crippen molar-refractivity contribution in [1.29, 1.82) is 0 Å². The molecule has 6 rings (SSSR count). The van der Waals surface area contributed by atoms with Crippen LogP contribution in [0.15, 0.2) is 28.8 Å². The van der Waals surface area contributed by atoms with E-state index in [4.69, 9.17) is 9.26 Å². The zero-order chi connectivity index (χ0) is 21.6. The monoisotopic (exact) mass is 422 g/mol. The van der Waals surface area contributed by atoms with Gasteiger partial charge in [-0.25, -0.2) is 0 Å². The predicted molar refractivity (Wildman–Crippen MR) is 119 cm³/mol. The molecule has 1 N–H and O–H groups in total.